The van der Waals surface area contributed by atoms with Crippen LogP contribution in [-0.4, -0.2) is 78.1 Å². The van der Waals surface area contributed by atoms with Crippen LogP contribution in [-0.2, 0) is 4.79 Å². The number of nitrogens with zero attached hydrogens (tertiary/aromatic N) is 3. The molecule has 2 fully saturated rings. The van der Waals surface area contributed by atoms with E-state index in [0.29, 0.717) is 13.1 Å². The van der Waals surface area contributed by atoms with Crippen molar-refractivity contribution in [1.82, 2.24) is 14.7 Å². The van der Waals surface area contributed by atoms with E-state index >= 15 is 0 Å². The highest BCUT2D eigenvalue weighted by atomic mass is 16.4. The number of likely N-dealkylation sites (tertiary alicyclic amines) is 2. The molecule has 0 spiro atoms. The molecular weight excluding hydrogens is 234 g/mol. The summed E-state index contributed by atoms with van der Waals surface area (Å²) in [4.78, 5) is 28.5. The van der Waals surface area contributed by atoms with Crippen LogP contribution in [0.5, 0.6) is 0 Å². The summed E-state index contributed by atoms with van der Waals surface area (Å²) in [5.74, 6) is -1.18. The molecule has 1 N–H and O–H groups in total. The van der Waals surface area contributed by atoms with Gasteiger partial charge < -0.3 is 19.8 Å². The van der Waals surface area contributed by atoms with Crippen LogP contribution in [0.15, 0.2) is 0 Å². The first-order valence-corrected chi connectivity index (χ1v) is 6.42. The molecule has 2 amide bonds. The minimum atomic E-state index is -0.805. The number of amides is 2. The van der Waals surface area contributed by atoms with Crippen LogP contribution in [0.4, 0.5) is 4.79 Å². The molecule has 0 aliphatic carbocycles. The van der Waals surface area contributed by atoms with Gasteiger partial charge in [0.25, 0.3) is 0 Å². The minimum absolute atomic E-state index is 0.0259. The van der Waals surface area contributed by atoms with Gasteiger partial charge in [0.2, 0.25) is 0 Å². The molecule has 0 aromatic heterocycles. The van der Waals surface area contributed by atoms with Crippen molar-refractivity contribution in [2.45, 2.75) is 18.9 Å². The summed E-state index contributed by atoms with van der Waals surface area (Å²) < 4.78 is 0. The second-order valence-corrected chi connectivity index (χ2v) is 5.37. The first-order valence-electron chi connectivity index (χ1n) is 6.42. The lowest BCUT2D eigenvalue weighted by Crippen LogP contribution is -2.58. The van der Waals surface area contributed by atoms with Gasteiger partial charge in [-0.25, -0.2) is 4.79 Å². The van der Waals surface area contributed by atoms with Crippen molar-refractivity contribution >= 4 is 12.0 Å². The van der Waals surface area contributed by atoms with Crippen LogP contribution in [0, 0.1) is 5.92 Å². The van der Waals surface area contributed by atoms with Gasteiger partial charge in [0.15, 0.2) is 0 Å². The fourth-order valence-electron chi connectivity index (χ4n) is 2.55. The lowest BCUT2D eigenvalue weighted by Gasteiger charge is -2.42. The molecule has 18 heavy (non-hydrogen) atoms. The quantitative estimate of drug-likeness (QED) is 0.763. The number of urea groups is 1. The monoisotopic (exact) mass is 255 g/mol. The van der Waals surface area contributed by atoms with Crippen LogP contribution in [0.3, 0.4) is 0 Å². The van der Waals surface area contributed by atoms with Crippen LogP contribution >= 0.6 is 0 Å². The van der Waals surface area contributed by atoms with E-state index in [2.05, 4.69) is 11.9 Å². The van der Waals surface area contributed by atoms with Crippen LogP contribution in [0.1, 0.15) is 12.8 Å². The second kappa shape index (κ2) is 5.14. The number of carboxylic acid groups (broad SMARTS) is 1. The van der Waals surface area contributed by atoms with Gasteiger partial charge in [0.1, 0.15) is 0 Å². The second-order valence-electron chi connectivity index (χ2n) is 5.37. The SMILES string of the molecule is CN1CCC(N(C)C(=O)N2CC(C(=O)O)C2)CC1. The van der Waals surface area contributed by atoms with Crippen molar-refractivity contribution in [3.63, 3.8) is 0 Å². The van der Waals surface area contributed by atoms with Crippen molar-refractivity contribution < 1.29 is 14.7 Å². The summed E-state index contributed by atoms with van der Waals surface area (Å²) in [7, 11) is 3.91. The summed E-state index contributed by atoms with van der Waals surface area (Å²) in [6.45, 7) is 2.73. The van der Waals surface area contributed by atoms with Gasteiger partial charge in [-0.2, -0.15) is 0 Å². The zero-order chi connectivity index (χ0) is 13.3. The topological polar surface area (TPSA) is 64.1 Å². The fraction of sp³-hybridized carbons (Fsp3) is 0.833. The lowest BCUT2D eigenvalue weighted by molar-refractivity contribution is -0.146. The van der Waals surface area contributed by atoms with E-state index in [1.807, 2.05) is 7.05 Å². The fourth-order valence-corrected chi connectivity index (χ4v) is 2.55. The van der Waals surface area contributed by atoms with Crippen molar-refractivity contribution in [2.75, 3.05) is 40.3 Å². The van der Waals surface area contributed by atoms with E-state index in [-0.39, 0.29) is 18.0 Å². The van der Waals surface area contributed by atoms with Crippen LogP contribution in [0.2, 0.25) is 0 Å². The number of aliphatic carboxylic acids is 1. The molecule has 0 atom stereocenters. The maximum absolute atomic E-state index is 12.1. The van der Waals surface area contributed by atoms with Crippen molar-refractivity contribution in [1.29, 1.82) is 0 Å². The number of piperidine rings is 1. The van der Waals surface area contributed by atoms with E-state index in [0.717, 1.165) is 25.9 Å². The molecule has 2 heterocycles. The van der Waals surface area contributed by atoms with Crippen LogP contribution < -0.4 is 0 Å². The molecule has 2 saturated heterocycles. The summed E-state index contributed by atoms with van der Waals surface area (Å²) in [6.07, 6.45) is 1.99. The molecule has 2 aliphatic rings. The van der Waals surface area contributed by atoms with E-state index in [9.17, 15) is 9.59 Å². The first kappa shape index (κ1) is 13.1. The normalized spacial score (nSPS) is 22.7. The van der Waals surface area contributed by atoms with Gasteiger partial charge in [-0.1, -0.05) is 0 Å². The molecule has 2 aliphatic heterocycles. The third-order valence-electron chi connectivity index (χ3n) is 4.04. The number of rotatable bonds is 2. The van der Waals surface area contributed by atoms with Crippen LogP contribution in [0.25, 0.3) is 0 Å². The Balaban J connectivity index is 1.81. The van der Waals surface area contributed by atoms with Gasteiger partial charge in [-0.15, -0.1) is 0 Å². The van der Waals surface area contributed by atoms with Gasteiger partial charge in [-0.05, 0) is 33.0 Å². The molecule has 6 nitrogen and oxygen atoms in total. The Labute approximate surface area is 107 Å². The summed E-state index contributed by atoms with van der Waals surface area (Å²) in [5, 5.41) is 8.79. The average molecular weight is 255 g/mol. The van der Waals surface area contributed by atoms with E-state index in [1.54, 1.807) is 9.80 Å². The average Bonchev–Trinajstić information content (AvgIpc) is 2.26. The smallest absolute Gasteiger partial charge is 0.320 e. The zero-order valence-corrected chi connectivity index (χ0v) is 11.0. The van der Waals surface area contributed by atoms with Gasteiger partial charge in [-0.3, -0.25) is 4.79 Å². The highest BCUT2D eigenvalue weighted by Crippen LogP contribution is 2.21. The number of carbonyl (C=O) groups is 2. The Kier molecular flexibility index (Phi) is 3.75. The Morgan fingerprint density at radius 2 is 1.78 bits per heavy atom. The molecule has 0 aromatic rings. The lowest BCUT2D eigenvalue weighted by atomic mass is 10.0. The number of carbonyl (C=O) groups excluding carboxylic acids is 1. The highest BCUT2D eigenvalue weighted by Gasteiger charge is 2.38. The van der Waals surface area contributed by atoms with Crippen molar-refractivity contribution in [2.24, 2.45) is 5.92 Å². The molecular formula is C12H21N3O3. The van der Waals surface area contributed by atoms with Gasteiger partial charge in [0.05, 0.1) is 5.92 Å². The Bertz CT molecular complexity index is 333. The molecule has 0 radical (unpaired) electrons. The minimum Gasteiger partial charge on any atom is -0.481 e. The summed E-state index contributed by atoms with van der Waals surface area (Å²) in [6, 6.07) is 0.264. The number of hydrogen-bond donors (Lipinski definition) is 1. The van der Waals surface area contributed by atoms with E-state index < -0.39 is 5.97 Å². The zero-order valence-electron chi connectivity index (χ0n) is 11.0. The molecule has 0 bridgehead atoms. The Hall–Kier alpha value is -1.30. The molecule has 2 rings (SSSR count). The molecule has 102 valence electrons. The Morgan fingerprint density at radius 1 is 1.22 bits per heavy atom. The standard InChI is InChI=1S/C12H21N3O3/c1-13-5-3-10(4-6-13)14(2)12(18)15-7-9(8-15)11(16)17/h9-10H,3-8H2,1-2H3,(H,16,17). The predicted molar refractivity (Wildman–Crippen MR) is 66.4 cm³/mol. The van der Waals surface area contributed by atoms with Crippen molar-refractivity contribution in [3.8, 4) is 0 Å². The molecule has 0 aromatic carbocycles. The molecule has 0 saturated carbocycles. The summed E-state index contributed by atoms with van der Waals surface area (Å²) >= 11 is 0. The summed E-state index contributed by atoms with van der Waals surface area (Å²) in [5.41, 5.74) is 0. The molecule has 0 unspecified atom stereocenters. The third kappa shape index (κ3) is 2.58. The maximum atomic E-state index is 12.1. The predicted octanol–water partition coefficient (Wildman–Crippen LogP) is 0.149. The third-order valence-corrected chi connectivity index (χ3v) is 4.04. The molecule has 6 heteroatoms. The highest BCUT2D eigenvalue weighted by molar-refractivity contribution is 5.79. The number of carboxylic acids is 1. The number of hydrogen-bond acceptors (Lipinski definition) is 3. The van der Waals surface area contributed by atoms with Crippen molar-refractivity contribution in [3.05, 3.63) is 0 Å². The Morgan fingerprint density at radius 3 is 2.28 bits per heavy atom. The van der Waals surface area contributed by atoms with Gasteiger partial charge in [0, 0.05) is 26.2 Å². The maximum Gasteiger partial charge on any atom is 0.320 e. The van der Waals surface area contributed by atoms with E-state index in [1.165, 1.54) is 0 Å². The first-order chi connectivity index (χ1) is 8.49. The van der Waals surface area contributed by atoms with Gasteiger partial charge >= 0.3 is 12.0 Å². The van der Waals surface area contributed by atoms with E-state index in [4.69, 9.17) is 5.11 Å². The largest absolute Gasteiger partial charge is 0.481 e.